The molecule has 2 aliphatic heterocycles. The van der Waals surface area contributed by atoms with E-state index in [0.717, 1.165) is 42.5 Å². The summed E-state index contributed by atoms with van der Waals surface area (Å²) < 4.78 is 108. The highest BCUT2D eigenvalue weighted by Gasteiger charge is 2.48. The SMILES string of the molecule is COc1cc(F)c([C@@H]2CN(c3nc(C4CCNCC4)ccc3C(F)(F)F)C(=O)C2NC(=O)c2ccc(OC(F)F)cc2)c(F)c1. The van der Waals surface area contributed by atoms with Gasteiger partial charge in [-0.15, -0.1) is 0 Å². The summed E-state index contributed by atoms with van der Waals surface area (Å²) in [6.45, 7) is -2.54. The molecule has 2 fully saturated rings. The largest absolute Gasteiger partial charge is 0.497 e. The Balaban J connectivity index is 1.56. The Morgan fingerprint density at radius 2 is 1.67 bits per heavy atom. The van der Waals surface area contributed by atoms with Crippen LogP contribution in [0, 0.1) is 11.6 Å². The molecule has 8 nitrogen and oxygen atoms in total. The fraction of sp³-hybridized carbons (Fsp3) is 0.367. The van der Waals surface area contributed by atoms with Crippen LogP contribution in [0.4, 0.5) is 36.6 Å². The van der Waals surface area contributed by atoms with Crippen LogP contribution in [0.15, 0.2) is 48.5 Å². The first-order valence-electron chi connectivity index (χ1n) is 13.9. The van der Waals surface area contributed by atoms with Crippen LogP contribution in [-0.4, -0.2) is 56.2 Å². The number of nitrogens with zero attached hydrogens (tertiary/aromatic N) is 2. The molecular weight excluding hydrogens is 613 g/mol. The summed E-state index contributed by atoms with van der Waals surface area (Å²) in [4.78, 5) is 32.0. The Bertz CT molecular complexity index is 1540. The van der Waals surface area contributed by atoms with Crippen molar-refractivity contribution in [3.05, 3.63) is 82.5 Å². The number of hydrogen-bond donors (Lipinski definition) is 2. The zero-order chi connectivity index (χ0) is 32.5. The number of alkyl halides is 5. The predicted octanol–water partition coefficient (Wildman–Crippen LogP) is 5.38. The molecule has 0 bridgehead atoms. The van der Waals surface area contributed by atoms with E-state index in [2.05, 4.69) is 20.4 Å². The minimum Gasteiger partial charge on any atom is -0.497 e. The number of amides is 2. The monoisotopic (exact) mass is 640 g/mol. The van der Waals surface area contributed by atoms with Gasteiger partial charge in [0.05, 0.1) is 12.7 Å². The number of nitrogens with one attached hydrogen (secondary N) is 2. The third-order valence-corrected chi connectivity index (χ3v) is 7.82. The fourth-order valence-corrected chi connectivity index (χ4v) is 5.62. The maximum absolute atomic E-state index is 15.3. The van der Waals surface area contributed by atoms with Gasteiger partial charge in [0, 0.05) is 47.3 Å². The van der Waals surface area contributed by atoms with Crippen molar-refractivity contribution in [2.24, 2.45) is 0 Å². The van der Waals surface area contributed by atoms with Gasteiger partial charge in [0.25, 0.3) is 11.8 Å². The summed E-state index contributed by atoms with van der Waals surface area (Å²) in [6, 6.07) is 6.39. The van der Waals surface area contributed by atoms with E-state index in [1.54, 1.807) is 0 Å². The molecule has 2 N–H and O–H groups in total. The molecule has 2 aromatic carbocycles. The first-order valence-corrected chi connectivity index (χ1v) is 13.9. The molecular formula is C30H27F7N4O4. The van der Waals surface area contributed by atoms with E-state index in [1.807, 2.05) is 0 Å². The first kappa shape index (κ1) is 32.0. The second-order valence-corrected chi connectivity index (χ2v) is 10.5. The Morgan fingerprint density at radius 1 is 1.02 bits per heavy atom. The first-order chi connectivity index (χ1) is 21.4. The molecule has 5 rings (SSSR count). The lowest BCUT2D eigenvalue weighted by atomic mass is 9.92. The van der Waals surface area contributed by atoms with Gasteiger partial charge in [-0.1, -0.05) is 0 Å². The fourth-order valence-electron chi connectivity index (χ4n) is 5.62. The van der Waals surface area contributed by atoms with Gasteiger partial charge >= 0.3 is 12.8 Å². The average Bonchev–Trinajstić information content (AvgIpc) is 3.31. The number of halogens is 7. The highest BCUT2D eigenvalue weighted by molar-refractivity contribution is 6.05. The number of carbonyl (C=O) groups is 2. The Hall–Kier alpha value is -4.40. The van der Waals surface area contributed by atoms with Gasteiger partial charge < -0.3 is 20.1 Å². The lowest BCUT2D eigenvalue weighted by molar-refractivity contribution is -0.137. The topological polar surface area (TPSA) is 92.8 Å². The van der Waals surface area contributed by atoms with Gasteiger partial charge in [-0.2, -0.15) is 22.0 Å². The zero-order valence-corrected chi connectivity index (χ0v) is 23.6. The number of pyridine rings is 1. The smallest absolute Gasteiger partial charge is 0.419 e. The van der Waals surface area contributed by atoms with Crippen LogP contribution in [0.2, 0.25) is 0 Å². The number of piperidine rings is 1. The molecule has 45 heavy (non-hydrogen) atoms. The van der Waals surface area contributed by atoms with Crippen LogP contribution < -0.4 is 25.0 Å². The minimum atomic E-state index is -4.94. The summed E-state index contributed by atoms with van der Waals surface area (Å²) in [7, 11) is 1.18. The highest BCUT2D eigenvalue weighted by Crippen LogP contribution is 2.42. The van der Waals surface area contributed by atoms with Gasteiger partial charge in [0.2, 0.25) is 0 Å². The summed E-state index contributed by atoms with van der Waals surface area (Å²) in [5, 5.41) is 5.53. The number of benzene rings is 2. The van der Waals surface area contributed by atoms with E-state index in [0.29, 0.717) is 36.5 Å². The van der Waals surface area contributed by atoms with Crippen LogP contribution in [0.25, 0.3) is 0 Å². The predicted molar refractivity (Wildman–Crippen MR) is 146 cm³/mol. The third kappa shape index (κ3) is 6.82. The lowest BCUT2D eigenvalue weighted by Crippen LogP contribution is -2.44. The van der Waals surface area contributed by atoms with E-state index < -0.39 is 71.7 Å². The molecule has 3 heterocycles. The van der Waals surface area contributed by atoms with Gasteiger partial charge in [-0.05, 0) is 62.3 Å². The minimum absolute atomic E-state index is 0.140. The number of carbonyl (C=O) groups excluding carboxylic acids is 2. The molecule has 3 aromatic rings. The number of rotatable bonds is 8. The molecule has 0 aliphatic carbocycles. The normalized spacial score (nSPS) is 19.2. The molecule has 2 saturated heterocycles. The second-order valence-electron chi connectivity index (χ2n) is 10.5. The summed E-state index contributed by atoms with van der Waals surface area (Å²) in [5.41, 5.74) is -1.70. The number of aromatic nitrogens is 1. The Morgan fingerprint density at radius 3 is 2.24 bits per heavy atom. The summed E-state index contributed by atoms with van der Waals surface area (Å²) in [6.07, 6.45) is -3.75. The van der Waals surface area contributed by atoms with Crippen molar-refractivity contribution in [1.29, 1.82) is 0 Å². The maximum atomic E-state index is 15.3. The van der Waals surface area contributed by atoms with E-state index in [1.165, 1.54) is 13.2 Å². The van der Waals surface area contributed by atoms with E-state index in [-0.39, 0.29) is 23.0 Å². The van der Waals surface area contributed by atoms with Crippen molar-refractivity contribution in [1.82, 2.24) is 15.6 Å². The highest BCUT2D eigenvalue weighted by atomic mass is 19.4. The van der Waals surface area contributed by atoms with Gasteiger partial charge in [-0.25, -0.2) is 13.8 Å². The van der Waals surface area contributed by atoms with Crippen molar-refractivity contribution in [3.8, 4) is 11.5 Å². The number of hydrogen-bond acceptors (Lipinski definition) is 6. The molecule has 0 saturated carbocycles. The van der Waals surface area contributed by atoms with Crippen LogP contribution >= 0.6 is 0 Å². The third-order valence-electron chi connectivity index (χ3n) is 7.82. The zero-order valence-electron chi connectivity index (χ0n) is 23.6. The lowest BCUT2D eigenvalue weighted by Gasteiger charge is -2.26. The number of ether oxygens (including phenoxy) is 2. The molecule has 2 atom stereocenters. The maximum Gasteiger partial charge on any atom is 0.419 e. The molecule has 1 unspecified atom stereocenters. The van der Waals surface area contributed by atoms with Crippen LogP contribution in [0.5, 0.6) is 11.5 Å². The van der Waals surface area contributed by atoms with Gasteiger partial charge in [0.15, 0.2) is 0 Å². The molecule has 2 amide bonds. The second kappa shape index (κ2) is 12.9. The summed E-state index contributed by atoms with van der Waals surface area (Å²) in [5.74, 6) is -7.20. The quantitative estimate of drug-likeness (QED) is 0.321. The molecule has 15 heteroatoms. The van der Waals surface area contributed by atoms with Crippen molar-refractivity contribution in [2.45, 2.75) is 43.5 Å². The van der Waals surface area contributed by atoms with Crippen molar-refractivity contribution in [2.75, 3.05) is 31.6 Å². The molecule has 1 aromatic heterocycles. The van der Waals surface area contributed by atoms with Crippen molar-refractivity contribution < 1.29 is 49.8 Å². The van der Waals surface area contributed by atoms with Gasteiger partial charge in [-0.3, -0.25) is 14.5 Å². The molecule has 0 spiro atoms. The number of anilines is 1. The molecule has 2 aliphatic rings. The van der Waals surface area contributed by atoms with Crippen LogP contribution in [-0.2, 0) is 11.0 Å². The summed E-state index contributed by atoms with van der Waals surface area (Å²) >= 11 is 0. The molecule has 0 radical (unpaired) electrons. The Kier molecular flexibility index (Phi) is 9.18. The van der Waals surface area contributed by atoms with E-state index in [4.69, 9.17) is 4.74 Å². The van der Waals surface area contributed by atoms with Crippen molar-refractivity contribution in [3.63, 3.8) is 0 Å². The van der Waals surface area contributed by atoms with Gasteiger partial charge in [0.1, 0.15) is 35.0 Å². The van der Waals surface area contributed by atoms with Crippen molar-refractivity contribution >= 4 is 17.6 Å². The Labute approximate surface area is 252 Å². The van der Waals surface area contributed by atoms with Crippen LogP contribution in [0.1, 0.15) is 51.9 Å². The average molecular weight is 641 g/mol. The number of methoxy groups -OCH3 is 1. The van der Waals surface area contributed by atoms with E-state index >= 15 is 8.78 Å². The standard InChI is InChI=1S/C30H27F7N4O4/c1-44-18-12-21(31)24(22(32)13-18)19-14-41(26-20(30(35,36)37)6-7-23(39-26)15-8-10-38-11-9-15)28(43)25(19)40-27(42)16-2-4-17(5-3-16)45-29(33)34/h2-7,12-13,15,19,25,29,38H,8-11,14H2,1H3,(H,40,42)/t19-,25?/m0/s1. The van der Waals surface area contributed by atoms with Crippen LogP contribution in [0.3, 0.4) is 0 Å². The van der Waals surface area contributed by atoms with E-state index in [9.17, 15) is 31.5 Å². The molecule has 240 valence electrons.